The normalized spacial score (nSPS) is 10.8. The Hall–Kier alpha value is -2.96. The largest absolute Gasteiger partial charge is 0.490 e. The molecule has 7 nitrogen and oxygen atoms in total. The van der Waals surface area contributed by atoms with Crippen molar-refractivity contribution in [2.45, 2.75) is 46.7 Å². The van der Waals surface area contributed by atoms with Crippen LogP contribution in [0.4, 0.5) is 9.59 Å². The van der Waals surface area contributed by atoms with Crippen LogP contribution in [-0.2, 0) is 0 Å². The summed E-state index contributed by atoms with van der Waals surface area (Å²) in [5.41, 5.74) is 0. The second-order valence-electron chi connectivity index (χ2n) is 6.56. The predicted molar refractivity (Wildman–Crippen MR) is 104 cm³/mol. The van der Waals surface area contributed by atoms with E-state index >= 15 is 0 Å². The van der Waals surface area contributed by atoms with E-state index in [1.807, 2.05) is 46.8 Å². The molecule has 0 saturated heterocycles. The number of amides is 2. The fraction of sp³-hybridized carbons (Fsp3) is 0.400. The lowest BCUT2D eigenvalue weighted by molar-refractivity contribution is 0.193. The zero-order valence-corrected chi connectivity index (χ0v) is 16.3. The van der Waals surface area contributed by atoms with E-state index in [9.17, 15) is 9.59 Å². The molecule has 0 aromatic heterocycles. The van der Waals surface area contributed by atoms with Crippen molar-refractivity contribution < 1.29 is 23.8 Å². The highest BCUT2D eigenvalue weighted by molar-refractivity contribution is 5.98. The van der Waals surface area contributed by atoms with E-state index in [1.54, 1.807) is 18.2 Å². The summed E-state index contributed by atoms with van der Waals surface area (Å²) in [6, 6.07) is 8.62. The van der Waals surface area contributed by atoms with Crippen molar-refractivity contribution in [3.05, 3.63) is 30.3 Å². The summed E-state index contributed by atoms with van der Waals surface area (Å²) in [6.07, 6.45) is -1.15. The summed E-state index contributed by atoms with van der Waals surface area (Å²) in [6.45, 7) is 9.54. The Labute approximate surface area is 159 Å². The minimum Gasteiger partial charge on any atom is -0.490 e. The minimum atomic E-state index is -0.581. The molecule has 0 bridgehead atoms. The number of rotatable bonds is 6. The van der Waals surface area contributed by atoms with Gasteiger partial charge in [-0.25, -0.2) is 9.59 Å². The lowest BCUT2D eigenvalue weighted by atomic mass is 10.1. The SMILES string of the molecule is CCOc1cc(OC(=O)NC(C)C)c2ccccc2c1OC(=O)NC(C)C. The number of fused-ring (bicyclic) bond motifs is 1. The highest BCUT2D eigenvalue weighted by Gasteiger charge is 2.20. The molecule has 0 aliphatic carbocycles. The third-order valence-corrected chi connectivity index (χ3v) is 3.43. The van der Waals surface area contributed by atoms with E-state index in [0.717, 1.165) is 0 Å². The third-order valence-electron chi connectivity index (χ3n) is 3.43. The molecule has 2 N–H and O–H groups in total. The predicted octanol–water partition coefficient (Wildman–Crippen LogP) is 4.23. The van der Waals surface area contributed by atoms with Gasteiger partial charge in [0.2, 0.25) is 0 Å². The first-order valence-electron chi connectivity index (χ1n) is 8.97. The Morgan fingerprint density at radius 3 is 2.00 bits per heavy atom. The maximum atomic E-state index is 12.1. The van der Waals surface area contributed by atoms with E-state index < -0.39 is 12.2 Å². The third kappa shape index (κ3) is 5.51. The molecule has 0 spiro atoms. The summed E-state index contributed by atoms with van der Waals surface area (Å²) in [4.78, 5) is 24.2. The van der Waals surface area contributed by atoms with Crippen LogP contribution in [0.15, 0.2) is 30.3 Å². The van der Waals surface area contributed by atoms with Crippen molar-refractivity contribution in [2.75, 3.05) is 6.61 Å². The molecule has 27 heavy (non-hydrogen) atoms. The maximum absolute atomic E-state index is 12.1. The van der Waals surface area contributed by atoms with Gasteiger partial charge in [-0.05, 0) is 34.6 Å². The first-order chi connectivity index (χ1) is 12.8. The maximum Gasteiger partial charge on any atom is 0.412 e. The molecule has 0 atom stereocenters. The number of hydrogen-bond acceptors (Lipinski definition) is 5. The smallest absolute Gasteiger partial charge is 0.412 e. The molecule has 0 aliphatic rings. The number of nitrogens with one attached hydrogen (secondary N) is 2. The fourth-order valence-electron chi connectivity index (χ4n) is 2.47. The molecular weight excluding hydrogens is 348 g/mol. The van der Waals surface area contributed by atoms with Gasteiger partial charge in [0.05, 0.1) is 6.61 Å². The Morgan fingerprint density at radius 1 is 0.889 bits per heavy atom. The first-order valence-corrected chi connectivity index (χ1v) is 8.97. The molecule has 146 valence electrons. The average molecular weight is 374 g/mol. The molecule has 7 heteroatoms. The molecule has 0 saturated carbocycles. The molecule has 0 aliphatic heterocycles. The van der Waals surface area contributed by atoms with Crippen molar-refractivity contribution in [3.8, 4) is 17.2 Å². The quantitative estimate of drug-likeness (QED) is 0.790. The van der Waals surface area contributed by atoms with Gasteiger partial charge in [-0.2, -0.15) is 0 Å². The van der Waals surface area contributed by atoms with E-state index in [1.165, 1.54) is 0 Å². The summed E-state index contributed by atoms with van der Waals surface area (Å²) >= 11 is 0. The van der Waals surface area contributed by atoms with Crippen LogP contribution in [0.1, 0.15) is 34.6 Å². The zero-order valence-electron chi connectivity index (χ0n) is 16.3. The molecule has 2 aromatic carbocycles. The highest BCUT2D eigenvalue weighted by atomic mass is 16.6. The van der Waals surface area contributed by atoms with Crippen molar-refractivity contribution in [1.29, 1.82) is 0 Å². The topological polar surface area (TPSA) is 85.9 Å². The Morgan fingerprint density at radius 2 is 1.44 bits per heavy atom. The second kappa shape index (κ2) is 9.12. The van der Waals surface area contributed by atoms with Crippen LogP contribution >= 0.6 is 0 Å². The van der Waals surface area contributed by atoms with Gasteiger partial charge in [0.1, 0.15) is 5.75 Å². The molecular formula is C20H26N2O5. The second-order valence-corrected chi connectivity index (χ2v) is 6.56. The lowest BCUT2D eigenvalue weighted by Gasteiger charge is -2.17. The standard InChI is InChI=1S/C20H26N2O5/c1-6-25-17-11-16(26-19(23)21-12(2)3)14-9-7-8-10-15(14)18(17)27-20(24)22-13(4)5/h7-13H,6H2,1-5H3,(H,21,23)(H,22,24). The van der Waals surface area contributed by atoms with Gasteiger partial charge in [-0.3, -0.25) is 0 Å². The Bertz CT molecular complexity index is 817. The van der Waals surface area contributed by atoms with Crippen LogP contribution in [0, 0.1) is 0 Å². The summed E-state index contributed by atoms with van der Waals surface area (Å²) in [5.74, 6) is 0.925. The molecule has 0 radical (unpaired) electrons. The summed E-state index contributed by atoms with van der Waals surface area (Å²) in [7, 11) is 0. The Kier molecular flexibility index (Phi) is 6.87. The van der Waals surface area contributed by atoms with Crippen LogP contribution in [-0.4, -0.2) is 30.9 Å². The van der Waals surface area contributed by atoms with Gasteiger partial charge in [-0.1, -0.05) is 24.3 Å². The van der Waals surface area contributed by atoms with Gasteiger partial charge in [0.25, 0.3) is 0 Å². The van der Waals surface area contributed by atoms with Gasteiger partial charge in [-0.15, -0.1) is 0 Å². The number of carbonyl (C=O) groups is 2. The van der Waals surface area contributed by atoms with Crippen molar-refractivity contribution in [2.24, 2.45) is 0 Å². The number of carbonyl (C=O) groups excluding carboxylic acids is 2. The number of hydrogen-bond donors (Lipinski definition) is 2. The number of benzene rings is 2. The van der Waals surface area contributed by atoms with Gasteiger partial charge >= 0.3 is 12.2 Å². The van der Waals surface area contributed by atoms with Gasteiger partial charge in [0.15, 0.2) is 11.5 Å². The van der Waals surface area contributed by atoms with Crippen LogP contribution in [0.5, 0.6) is 17.2 Å². The van der Waals surface area contributed by atoms with E-state index in [4.69, 9.17) is 14.2 Å². The molecule has 2 aromatic rings. The van der Waals surface area contributed by atoms with E-state index in [0.29, 0.717) is 28.9 Å². The highest BCUT2D eigenvalue weighted by Crippen LogP contribution is 2.41. The summed E-state index contributed by atoms with van der Waals surface area (Å²) in [5, 5.41) is 6.60. The lowest BCUT2D eigenvalue weighted by Crippen LogP contribution is -2.33. The minimum absolute atomic E-state index is 0.0579. The van der Waals surface area contributed by atoms with Crippen molar-refractivity contribution in [1.82, 2.24) is 10.6 Å². The van der Waals surface area contributed by atoms with Crippen molar-refractivity contribution >= 4 is 23.0 Å². The van der Waals surface area contributed by atoms with Crippen LogP contribution in [0.25, 0.3) is 10.8 Å². The first kappa shape index (κ1) is 20.4. The molecule has 0 fully saturated rings. The van der Waals surface area contributed by atoms with Crippen LogP contribution in [0.2, 0.25) is 0 Å². The van der Waals surface area contributed by atoms with Crippen molar-refractivity contribution in [3.63, 3.8) is 0 Å². The van der Waals surface area contributed by atoms with Crippen LogP contribution < -0.4 is 24.8 Å². The number of ether oxygens (including phenoxy) is 3. The van der Waals surface area contributed by atoms with Gasteiger partial charge in [0, 0.05) is 28.9 Å². The molecule has 2 amide bonds. The zero-order chi connectivity index (χ0) is 20.0. The molecule has 0 unspecified atom stereocenters. The Balaban J connectivity index is 2.49. The summed E-state index contributed by atoms with van der Waals surface area (Å²) < 4.78 is 16.6. The fourth-order valence-corrected chi connectivity index (χ4v) is 2.47. The van der Waals surface area contributed by atoms with E-state index in [2.05, 4.69) is 10.6 Å². The van der Waals surface area contributed by atoms with Gasteiger partial charge < -0.3 is 24.8 Å². The molecule has 0 heterocycles. The molecule has 2 rings (SSSR count). The van der Waals surface area contributed by atoms with E-state index in [-0.39, 0.29) is 17.8 Å². The van der Waals surface area contributed by atoms with Crippen LogP contribution in [0.3, 0.4) is 0 Å². The average Bonchev–Trinajstić information content (AvgIpc) is 2.57. The monoisotopic (exact) mass is 374 g/mol.